The van der Waals surface area contributed by atoms with Crippen LogP contribution >= 0.6 is 0 Å². The molecule has 1 aromatic heterocycles. The van der Waals surface area contributed by atoms with Crippen LogP contribution in [0.5, 0.6) is 0 Å². The van der Waals surface area contributed by atoms with E-state index in [4.69, 9.17) is 5.73 Å². The predicted octanol–water partition coefficient (Wildman–Crippen LogP) is 4.04. The Kier molecular flexibility index (Phi) is 15.2. The lowest BCUT2D eigenvalue weighted by atomic mass is 9.98. The highest BCUT2D eigenvalue weighted by Crippen LogP contribution is 2.32. The molecular weight excluding hydrogens is 841 g/mol. The van der Waals surface area contributed by atoms with Gasteiger partial charge in [0.1, 0.15) is 18.1 Å². The van der Waals surface area contributed by atoms with E-state index >= 15 is 0 Å². The molecule has 66 heavy (non-hydrogen) atoms. The average molecular weight is 903 g/mol. The quantitative estimate of drug-likeness (QED) is 0.104. The molecule has 0 saturated carbocycles. The molecular formula is C50H62N8O8. The molecule has 350 valence electrons. The highest BCUT2D eigenvalue weighted by molar-refractivity contribution is 6.00. The Morgan fingerprint density at radius 2 is 1.44 bits per heavy atom. The monoisotopic (exact) mass is 902 g/mol. The SMILES string of the molecule is C[C@H]1CN(C(=O)CCCCCCc2ccc3c(c2)n(C)c(=O)n3C2CCC(=O)N(C)C2=O)CC[C@H]2CC[C@@H](C(=O)N[C@@H](CCC(N)=O)C(=O)NC(c3ccccc3)c3ccccc3)N2C1=O. The van der Waals surface area contributed by atoms with Crippen LogP contribution in [0.3, 0.4) is 0 Å². The molecule has 5 atom stereocenters. The van der Waals surface area contributed by atoms with Crippen LogP contribution in [-0.2, 0) is 47.0 Å². The number of nitrogens with zero attached hydrogens (tertiary/aromatic N) is 5. The summed E-state index contributed by atoms with van der Waals surface area (Å²) in [4.78, 5) is 110. The number of hydrogen-bond acceptors (Lipinski definition) is 8. The molecule has 1 unspecified atom stereocenters. The second kappa shape index (κ2) is 21.2. The third-order valence-electron chi connectivity index (χ3n) is 13.6. The van der Waals surface area contributed by atoms with Gasteiger partial charge in [0.15, 0.2) is 0 Å². The lowest BCUT2D eigenvalue weighted by Crippen LogP contribution is -2.57. The maximum Gasteiger partial charge on any atom is 0.329 e. The van der Waals surface area contributed by atoms with Crippen LogP contribution in [0.2, 0.25) is 0 Å². The van der Waals surface area contributed by atoms with Crippen LogP contribution in [0.15, 0.2) is 83.7 Å². The summed E-state index contributed by atoms with van der Waals surface area (Å²) in [7, 11) is 3.15. The number of imide groups is 1. The van der Waals surface area contributed by atoms with Crippen molar-refractivity contribution in [3.8, 4) is 0 Å². The van der Waals surface area contributed by atoms with Crippen LogP contribution in [0.4, 0.5) is 0 Å². The molecule has 3 aromatic carbocycles. The first-order chi connectivity index (χ1) is 31.7. The Bertz CT molecular complexity index is 2460. The van der Waals surface area contributed by atoms with E-state index in [0.29, 0.717) is 50.6 Å². The van der Waals surface area contributed by atoms with Gasteiger partial charge < -0.3 is 26.2 Å². The van der Waals surface area contributed by atoms with E-state index in [0.717, 1.165) is 52.8 Å². The van der Waals surface area contributed by atoms with Gasteiger partial charge in [0, 0.05) is 52.5 Å². The minimum absolute atomic E-state index is 0.00546. The summed E-state index contributed by atoms with van der Waals surface area (Å²) in [5.74, 6) is -2.89. The summed E-state index contributed by atoms with van der Waals surface area (Å²) < 4.78 is 3.06. The van der Waals surface area contributed by atoms with Crippen molar-refractivity contribution < 1.29 is 33.6 Å². The van der Waals surface area contributed by atoms with Crippen LogP contribution < -0.4 is 22.1 Å². The van der Waals surface area contributed by atoms with Crippen LogP contribution in [0, 0.1) is 5.92 Å². The zero-order valence-corrected chi connectivity index (χ0v) is 38.2. The first kappa shape index (κ1) is 47.4. The van der Waals surface area contributed by atoms with E-state index in [2.05, 4.69) is 10.6 Å². The fraction of sp³-hybridized carbons (Fsp3) is 0.480. The number of benzene rings is 3. The van der Waals surface area contributed by atoms with Gasteiger partial charge in [0.2, 0.25) is 35.4 Å². The van der Waals surface area contributed by atoms with E-state index in [1.165, 1.54) is 11.6 Å². The number of aromatic nitrogens is 2. The Morgan fingerprint density at radius 3 is 2.12 bits per heavy atom. The molecule has 4 N–H and O–H groups in total. The van der Waals surface area contributed by atoms with Crippen molar-refractivity contribution in [2.24, 2.45) is 18.7 Å². The smallest absolute Gasteiger partial charge is 0.329 e. The lowest BCUT2D eigenvalue weighted by molar-refractivity contribution is -0.149. The van der Waals surface area contributed by atoms with Crippen LogP contribution in [-0.4, -0.2) is 103 Å². The van der Waals surface area contributed by atoms with E-state index in [-0.39, 0.29) is 61.2 Å². The van der Waals surface area contributed by atoms with Crippen molar-refractivity contribution in [2.45, 2.75) is 121 Å². The summed E-state index contributed by atoms with van der Waals surface area (Å²) in [6.07, 6.45) is 6.40. The second-order valence-corrected chi connectivity index (χ2v) is 18.1. The van der Waals surface area contributed by atoms with Gasteiger partial charge in [-0.25, -0.2) is 4.79 Å². The van der Waals surface area contributed by atoms with Gasteiger partial charge in [-0.3, -0.25) is 47.6 Å². The average Bonchev–Trinajstić information content (AvgIpc) is 3.85. The molecule has 3 fully saturated rings. The first-order valence-electron chi connectivity index (χ1n) is 23.3. The number of carbonyl (C=O) groups excluding carboxylic acids is 7. The molecule has 4 heterocycles. The van der Waals surface area contributed by atoms with Crippen LogP contribution in [0.25, 0.3) is 11.0 Å². The number of piperidine rings is 1. The number of fused-ring (bicyclic) bond motifs is 2. The molecule has 16 heteroatoms. The molecule has 3 saturated heterocycles. The third-order valence-corrected chi connectivity index (χ3v) is 13.6. The van der Waals surface area contributed by atoms with Gasteiger partial charge in [-0.1, -0.05) is 86.5 Å². The van der Waals surface area contributed by atoms with E-state index in [1.54, 1.807) is 28.3 Å². The minimum atomic E-state index is -1.08. The number of hydrogen-bond donors (Lipinski definition) is 3. The molecule has 0 aliphatic carbocycles. The summed E-state index contributed by atoms with van der Waals surface area (Å²) in [6.45, 7) is 2.50. The summed E-state index contributed by atoms with van der Waals surface area (Å²) in [5, 5.41) is 5.95. The Hall–Kier alpha value is -6.58. The highest BCUT2D eigenvalue weighted by Gasteiger charge is 2.45. The van der Waals surface area contributed by atoms with Gasteiger partial charge in [0.05, 0.1) is 23.0 Å². The number of aryl methyl sites for hydroxylation is 2. The van der Waals surface area contributed by atoms with E-state index in [1.807, 2.05) is 78.9 Å². The lowest BCUT2D eigenvalue weighted by Gasteiger charge is -2.38. The molecule has 7 amide bonds. The topological polar surface area (TPSA) is 206 Å². The van der Waals surface area contributed by atoms with Crippen molar-refractivity contribution >= 4 is 52.4 Å². The van der Waals surface area contributed by atoms with Crippen molar-refractivity contribution in [3.05, 3.63) is 106 Å². The van der Waals surface area contributed by atoms with Gasteiger partial charge in [0.25, 0.3) is 5.91 Å². The number of carbonyl (C=O) groups is 7. The number of nitrogens with one attached hydrogen (secondary N) is 2. The fourth-order valence-electron chi connectivity index (χ4n) is 9.88. The fourth-order valence-corrected chi connectivity index (χ4v) is 9.88. The molecule has 0 bridgehead atoms. The number of likely N-dealkylation sites (tertiary alicyclic amines) is 1. The predicted molar refractivity (Wildman–Crippen MR) is 247 cm³/mol. The number of unbranched alkanes of at least 4 members (excludes halogenated alkanes) is 3. The standard InChI is InChI=1S/C50H62N8O8/c1-32-31-56(44(61)19-13-5-4-8-14-33-20-23-38-41(30-33)54(2)50(66)58(38)40-25-27-43(60)55(3)49(40)65)29-28-36-21-24-39(57(36)48(32)64)47(63)52-37(22-26-42(51)59)46(62)53-45(34-15-9-6-10-16-34)35-17-11-7-12-18-35/h6-7,9-12,15-18,20,23,30,32,36-37,39-40,45H,4-5,8,13-14,19,21-22,24-29,31H2,1-3H3,(H2,51,59)(H,52,63)(H,53,62)/t32-,36+,37-,39-,40?/m0/s1. The Labute approximate surface area is 384 Å². The van der Waals surface area contributed by atoms with Gasteiger partial charge in [-0.05, 0) is 80.2 Å². The van der Waals surface area contributed by atoms with Crippen molar-refractivity contribution in [1.82, 2.24) is 34.5 Å². The maximum absolute atomic E-state index is 14.0. The molecule has 16 nitrogen and oxygen atoms in total. The Morgan fingerprint density at radius 1 is 0.758 bits per heavy atom. The third kappa shape index (κ3) is 10.6. The van der Waals surface area contributed by atoms with E-state index < -0.39 is 47.8 Å². The van der Waals surface area contributed by atoms with Crippen molar-refractivity contribution in [3.63, 3.8) is 0 Å². The number of nitrogens with two attached hydrogens (primary N) is 1. The largest absolute Gasteiger partial charge is 0.370 e. The number of primary amides is 1. The van der Waals surface area contributed by atoms with Gasteiger partial charge in [-0.15, -0.1) is 0 Å². The number of likely N-dealkylation sites (N-methyl/N-ethyl adjacent to an activating group) is 1. The Balaban J connectivity index is 0.896. The zero-order chi connectivity index (χ0) is 47.1. The van der Waals surface area contributed by atoms with Gasteiger partial charge >= 0.3 is 5.69 Å². The molecule has 0 spiro atoms. The maximum atomic E-state index is 14.0. The van der Waals surface area contributed by atoms with E-state index in [9.17, 15) is 38.4 Å². The first-order valence-corrected chi connectivity index (χ1v) is 23.3. The molecule has 7 rings (SSSR count). The molecule has 4 aromatic rings. The highest BCUT2D eigenvalue weighted by atomic mass is 16.2. The zero-order valence-electron chi connectivity index (χ0n) is 38.2. The van der Waals surface area contributed by atoms with Crippen molar-refractivity contribution in [2.75, 3.05) is 20.1 Å². The minimum Gasteiger partial charge on any atom is -0.370 e. The normalized spacial score (nSPS) is 20.5. The number of rotatable bonds is 17. The second-order valence-electron chi connectivity index (χ2n) is 18.1. The van der Waals surface area contributed by atoms with Crippen LogP contribution in [0.1, 0.15) is 113 Å². The summed E-state index contributed by atoms with van der Waals surface area (Å²) in [6, 6.07) is 21.4. The number of amides is 7. The molecule has 0 radical (unpaired) electrons. The number of imidazole rings is 1. The van der Waals surface area contributed by atoms with Gasteiger partial charge in [-0.2, -0.15) is 0 Å². The molecule has 3 aliphatic heterocycles. The summed E-state index contributed by atoms with van der Waals surface area (Å²) >= 11 is 0. The molecule has 3 aliphatic rings. The van der Waals surface area contributed by atoms with Crippen molar-refractivity contribution in [1.29, 1.82) is 0 Å². The summed E-state index contributed by atoms with van der Waals surface area (Å²) in [5.41, 5.74) is 9.36.